The van der Waals surface area contributed by atoms with Gasteiger partial charge >= 0.3 is 0 Å². The maximum absolute atomic E-state index is 5.29. The summed E-state index contributed by atoms with van der Waals surface area (Å²) in [6.45, 7) is 8.28. The van der Waals surface area contributed by atoms with Crippen molar-refractivity contribution < 1.29 is 4.52 Å². The molecule has 2 rings (SSSR count). The van der Waals surface area contributed by atoms with Crippen LogP contribution in [0, 0.1) is 0 Å². The fourth-order valence-corrected chi connectivity index (χ4v) is 1.85. The number of aromatic nitrogens is 2. The number of hydrogen-bond donors (Lipinski definition) is 1. The first-order valence-corrected chi connectivity index (χ1v) is 6.79. The van der Waals surface area contributed by atoms with Crippen molar-refractivity contribution in [2.45, 2.75) is 46.1 Å². The van der Waals surface area contributed by atoms with E-state index < -0.39 is 0 Å². The van der Waals surface area contributed by atoms with Gasteiger partial charge in [0.05, 0.1) is 0 Å². The van der Waals surface area contributed by atoms with E-state index in [0.717, 1.165) is 17.9 Å². The summed E-state index contributed by atoms with van der Waals surface area (Å²) in [5, 5.41) is 7.37. The van der Waals surface area contributed by atoms with E-state index in [1.807, 2.05) is 6.92 Å². The molecule has 102 valence electrons. The second kappa shape index (κ2) is 5.87. The Morgan fingerprint density at radius 1 is 1.26 bits per heavy atom. The van der Waals surface area contributed by atoms with Gasteiger partial charge in [0.2, 0.25) is 5.89 Å². The van der Waals surface area contributed by atoms with Crippen LogP contribution in [-0.4, -0.2) is 10.1 Å². The standard InChI is InChI=1S/C15H21N3O/c1-5-12-7-6-8-13(9-12)16-11(4)15-17-14(10(2)3)18-19-15/h6-11,16H,5H2,1-4H3. The Balaban J connectivity index is 2.08. The molecule has 1 atom stereocenters. The summed E-state index contributed by atoms with van der Waals surface area (Å²) in [6, 6.07) is 8.39. The minimum Gasteiger partial charge on any atom is -0.374 e. The molecule has 0 fully saturated rings. The van der Waals surface area contributed by atoms with Crippen LogP contribution in [-0.2, 0) is 6.42 Å². The maximum Gasteiger partial charge on any atom is 0.248 e. The molecule has 19 heavy (non-hydrogen) atoms. The van der Waals surface area contributed by atoms with Crippen LogP contribution in [0.25, 0.3) is 0 Å². The molecule has 1 aromatic heterocycles. The largest absolute Gasteiger partial charge is 0.374 e. The summed E-state index contributed by atoms with van der Waals surface area (Å²) in [7, 11) is 0. The lowest BCUT2D eigenvalue weighted by Gasteiger charge is -2.12. The molecule has 1 N–H and O–H groups in total. The number of anilines is 1. The molecule has 0 radical (unpaired) electrons. The van der Waals surface area contributed by atoms with Gasteiger partial charge in [-0.3, -0.25) is 0 Å². The molecule has 0 amide bonds. The van der Waals surface area contributed by atoms with Crippen LogP contribution in [0.4, 0.5) is 5.69 Å². The third-order valence-electron chi connectivity index (χ3n) is 3.06. The van der Waals surface area contributed by atoms with Crippen LogP contribution in [0.5, 0.6) is 0 Å². The van der Waals surface area contributed by atoms with E-state index in [1.54, 1.807) is 0 Å². The van der Waals surface area contributed by atoms with Gasteiger partial charge in [0.15, 0.2) is 5.82 Å². The molecular weight excluding hydrogens is 238 g/mol. The minimum atomic E-state index is 0.00658. The van der Waals surface area contributed by atoms with Crippen LogP contribution in [0.3, 0.4) is 0 Å². The van der Waals surface area contributed by atoms with Crippen molar-refractivity contribution in [3.63, 3.8) is 0 Å². The van der Waals surface area contributed by atoms with E-state index in [4.69, 9.17) is 4.52 Å². The van der Waals surface area contributed by atoms with E-state index in [9.17, 15) is 0 Å². The zero-order chi connectivity index (χ0) is 13.8. The molecule has 0 bridgehead atoms. The molecule has 2 aromatic rings. The number of benzene rings is 1. The molecule has 0 saturated carbocycles. The van der Waals surface area contributed by atoms with E-state index >= 15 is 0 Å². The highest BCUT2D eigenvalue weighted by Gasteiger charge is 2.15. The Labute approximate surface area is 114 Å². The van der Waals surface area contributed by atoms with Crippen molar-refractivity contribution >= 4 is 5.69 Å². The van der Waals surface area contributed by atoms with Gasteiger partial charge in [-0.05, 0) is 31.0 Å². The molecule has 4 heteroatoms. The average Bonchev–Trinajstić information content (AvgIpc) is 2.89. The highest BCUT2D eigenvalue weighted by atomic mass is 16.5. The Bertz CT molecular complexity index is 534. The predicted octanol–water partition coefficient (Wildman–Crippen LogP) is 3.93. The summed E-state index contributed by atoms with van der Waals surface area (Å²) < 4.78 is 5.29. The van der Waals surface area contributed by atoms with Crippen molar-refractivity contribution in [1.29, 1.82) is 0 Å². The van der Waals surface area contributed by atoms with Gasteiger partial charge in [0.1, 0.15) is 6.04 Å². The van der Waals surface area contributed by atoms with Gasteiger partial charge in [-0.1, -0.05) is 38.1 Å². The first-order valence-electron chi connectivity index (χ1n) is 6.79. The first kappa shape index (κ1) is 13.6. The first-order chi connectivity index (χ1) is 9.10. The summed E-state index contributed by atoms with van der Waals surface area (Å²) in [4.78, 5) is 4.41. The lowest BCUT2D eigenvalue weighted by atomic mass is 10.1. The van der Waals surface area contributed by atoms with Crippen LogP contribution in [0.15, 0.2) is 28.8 Å². The van der Waals surface area contributed by atoms with Gasteiger partial charge < -0.3 is 9.84 Å². The second-order valence-corrected chi connectivity index (χ2v) is 5.07. The molecule has 4 nitrogen and oxygen atoms in total. The smallest absolute Gasteiger partial charge is 0.248 e. The van der Waals surface area contributed by atoms with Crippen LogP contribution < -0.4 is 5.32 Å². The molecule has 1 heterocycles. The quantitative estimate of drug-likeness (QED) is 0.884. The summed E-state index contributed by atoms with van der Waals surface area (Å²) >= 11 is 0. The fourth-order valence-electron chi connectivity index (χ4n) is 1.85. The average molecular weight is 259 g/mol. The van der Waals surface area contributed by atoms with Crippen molar-refractivity contribution in [3.8, 4) is 0 Å². The van der Waals surface area contributed by atoms with Gasteiger partial charge in [0, 0.05) is 11.6 Å². The molecular formula is C15H21N3O. The second-order valence-electron chi connectivity index (χ2n) is 5.07. The number of aryl methyl sites for hydroxylation is 1. The van der Waals surface area contributed by atoms with Gasteiger partial charge in [-0.2, -0.15) is 4.98 Å². The highest BCUT2D eigenvalue weighted by molar-refractivity contribution is 5.46. The molecule has 1 aromatic carbocycles. The summed E-state index contributed by atoms with van der Waals surface area (Å²) in [5.74, 6) is 1.67. The van der Waals surface area contributed by atoms with E-state index in [1.165, 1.54) is 5.56 Å². The lowest BCUT2D eigenvalue weighted by molar-refractivity contribution is 0.361. The topological polar surface area (TPSA) is 51.0 Å². The Hall–Kier alpha value is -1.84. The third-order valence-corrected chi connectivity index (χ3v) is 3.06. The molecule has 0 aliphatic rings. The monoisotopic (exact) mass is 259 g/mol. The predicted molar refractivity (Wildman–Crippen MR) is 76.2 cm³/mol. The SMILES string of the molecule is CCc1cccc(NC(C)c2nc(C(C)C)no2)c1. The Morgan fingerprint density at radius 3 is 2.68 bits per heavy atom. The molecule has 0 aliphatic carbocycles. The van der Waals surface area contributed by atoms with E-state index in [-0.39, 0.29) is 12.0 Å². The van der Waals surface area contributed by atoms with Crippen molar-refractivity contribution in [2.75, 3.05) is 5.32 Å². The maximum atomic E-state index is 5.29. The Kier molecular flexibility index (Phi) is 4.20. The van der Waals surface area contributed by atoms with Gasteiger partial charge in [0.25, 0.3) is 0 Å². The third kappa shape index (κ3) is 3.34. The van der Waals surface area contributed by atoms with E-state index in [0.29, 0.717) is 5.89 Å². The summed E-state index contributed by atoms with van der Waals surface area (Å²) in [5.41, 5.74) is 2.39. The Morgan fingerprint density at radius 2 is 2.05 bits per heavy atom. The van der Waals surface area contributed by atoms with Gasteiger partial charge in [-0.15, -0.1) is 0 Å². The van der Waals surface area contributed by atoms with Crippen molar-refractivity contribution in [2.24, 2.45) is 0 Å². The molecule has 0 aliphatic heterocycles. The normalized spacial score (nSPS) is 12.7. The van der Waals surface area contributed by atoms with Crippen molar-refractivity contribution in [1.82, 2.24) is 10.1 Å². The number of nitrogens with one attached hydrogen (secondary N) is 1. The van der Waals surface area contributed by atoms with Crippen LogP contribution in [0.1, 0.15) is 56.9 Å². The molecule has 0 saturated heterocycles. The number of nitrogens with zero attached hydrogens (tertiary/aromatic N) is 2. The fraction of sp³-hybridized carbons (Fsp3) is 0.467. The molecule has 0 spiro atoms. The summed E-state index contributed by atoms with van der Waals surface area (Å²) in [6.07, 6.45) is 1.03. The van der Waals surface area contributed by atoms with E-state index in [2.05, 4.69) is 60.5 Å². The zero-order valence-corrected chi connectivity index (χ0v) is 12.0. The van der Waals surface area contributed by atoms with Crippen molar-refractivity contribution in [3.05, 3.63) is 41.5 Å². The number of rotatable bonds is 5. The number of hydrogen-bond acceptors (Lipinski definition) is 4. The van der Waals surface area contributed by atoms with Gasteiger partial charge in [-0.25, -0.2) is 0 Å². The van der Waals surface area contributed by atoms with Crippen LogP contribution in [0.2, 0.25) is 0 Å². The lowest BCUT2D eigenvalue weighted by Crippen LogP contribution is -2.07. The zero-order valence-electron chi connectivity index (χ0n) is 12.0. The minimum absolute atomic E-state index is 0.00658. The highest BCUT2D eigenvalue weighted by Crippen LogP contribution is 2.20. The van der Waals surface area contributed by atoms with Crippen LogP contribution >= 0.6 is 0 Å². The molecule has 1 unspecified atom stereocenters.